The van der Waals surface area contributed by atoms with Gasteiger partial charge < -0.3 is 25.3 Å². The summed E-state index contributed by atoms with van der Waals surface area (Å²) in [6.07, 6.45) is 21.3. The van der Waals surface area contributed by atoms with Crippen molar-refractivity contribution in [2.24, 2.45) is 4.99 Å². The van der Waals surface area contributed by atoms with Crippen molar-refractivity contribution in [1.82, 2.24) is 10.6 Å². The molecule has 6 heteroatoms. The number of carbonyl (C=O) groups excluding carboxylic acids is 1. The van der Waals surface area contributed by atoms with E-state index in [1.54, 1.807) is 0 Å². The molecule has 0 fully saturated rings. The molecule has 0 aromatic heterocycles. The second kappa shape index (κ2) is 21.8. The van der Waals surface area contributed by atoms with Gasteiger partial charge in [0.05, 0.1) is 6.61 Å². The largest absolute Gasteiger partial charge is 0.493 e. The van der Waals surface area contributed by atoms with Crippen LogP contribution in [0.25, 0.3) is 5.57 Å². The zero-order valence-electron chi connectivity index (χ0n) is 24.9. The predicted octanol–water partition coefficient (Wildman–Crippen LogP) is 6.91. The Labute approximate surface area is 237 Å². The molecule has 0 amide bonds. The Hall–Kier alpha value is -3.12. The van der Waals surface area contributed by atoms with Crippen molar-refractivity contribution in [2.75, 3.05) is 27.3 Å². The van der Waals surface area contributed by atoms with Gasteiger partial charge in [-0.3, -0.25) is 0 Å². The van der Waals surface area contributed by atoms with Crippen LogP contribution in [0.2, 0.25) is 0 Å². The highest BCUT2D eigenvalue weighted by atomic mass is 16.5. The number of unbranched alkanes of at least 4 members (excludes halogenated alkanes) is 2. The highest BCUT2D eigenvalue weighted by Crippen LogP contribution is 2.35. The van der Waals surface area contributed by atoms with E-state index < -0.39 is 0 Å². The first-order chi connectivity index (χ1) is 19.1. The number of nitrogens with one attached hydrogen (secondary N) is 2. The number of allylic oxidation sites excluding steroid dienone is 6. The molecule has 1 aliphatic carbocycles. The summed E-state index contributed by atoms with van der Waals surface area (Å²) in [4.78, 5) is 15.3. The van der Waals surface area contributed by atoms with Crippen LogP contribution in [-0.2, 0) is 11.2 Å². The first-order valence-corrected chi connectivity index (χ1v) is 14.4. The molecule has 0 saturated heterocycles. The summed E-state index contributed by atoms with van der Waals surface area (Å²) in [5, 5.41) is 13.8. The van der Waals surface area contributed by atoms with Crippen molar-refractivity contribution in [3.8, 4) is 5.75 Å². The van der Waals surface area contributed by atoms with E-state index in [0.717, 1.165) is 70.0 Å². The maximum atomic E-state index is 10.8. The molecular weight excluding hydrogens is 486 g/mol. The van der Waals surface area contributed by atoms with Gasteiger partial charge in [0.1, 0.15) is 17.9 Å². The lowest BCUT2D eigenvalue weighted by Gasteiger charge is -2.21. The van der Waals surface area contributed by atoms with Gasteiger partial charge in [-0.05, 0) is 75.7 Å². The molecular formula is C33H51N3O3. The molecule has 6 nitrogen and oxygen atoms in total. The molecule has 1 aromatic rings. The van der Waals surface area contributed by atoms with Gasteiger partial charge in [0.25, 0.3) is 0 Å². The van der Waals surface area contributed by atoms with E-state index in [-0.39, 0.29) is 0 Å². The van der Waals surface area contributed by atoms with Crippen molar-refractivity contribution in [2.45, 2.75) is 85.0 Å². The molecule has 0 bridgehead atoms. The van der Waals surface area contributed by atoms with Crippen molar-refractivity contribution in [3.63, 3.8) is 0 Å². The lowest BCUT2D eigenvalue weighted by molar-refractivity contribution is -0.107. The summed E-state index contributed by atoms with van der Waals surface area (Å²) in [7, 11) is 2.99. The van der Waals surface area contributed by atoms with Gasteiger partial charge in [0, 0.05) is 51.0 Å². The molecule has 2 rings (SSSR count). The van der Waals surface area contributed by atoms with E-state index in [1.165, 1.54) is 47.2 Å². The van der Waals surface area contributed by atoms with Gasteiger partial charge in [-0.2, -0.15) is 0 Å². The zero-order chi connectivity index (χ0) is 28.7. The number of hydrogen-bond donors (Lipinski definition) is 3. The summed E-state index contributed by atoms with van der Waals surface area (Å²) in [5.74, 6) is 1.90. The number of fused-ring (bicyclic) bond motifs is 1. The number of aliphatic hydroxyl groups is 1. The minimum absolute atomic E-state index is 0.571. The van der Waals surface area contributed by atoms with E-state index in [0.29, 0.717) is 13.0 Å². The van der Waals surface area contributed by atoms with Gasteiger partial charge in [-0.25, -0.2) is 4.99 Å². The number of nitrogens with zero attached hydrogens (tertiary/aromatic N) is 1. The predicted molar refractivity (Wildman–Crippen MR) is 166 cm³/mol. The Kier molecular flexibility index (Phi) is 18.9. The number of benzene rings is 1. The van der Waals surface area contributed by atoms with Crippen LogP contribution in [0.3, 0.4) is 0 Å². The SMILES string of the molecule is CO.C\C=N/C(=C\C=C\CC/C(C)=C(/CCOc1cccc2c1CCC=C2CCC=O)NC)NCCCCC. The first kappa shape index (κ1) is 33.9. The standard InChI is InChI=1S/C32H47N3O2.CH4O/c1-5-7-11-23-35-32(34-6-2)21-10-8-9-15-26(3)30(33-4)22-25-37-31-20-13-18-28-27(17-14-24-36)16-12-19-29(28)31;1-2/h6,8,10,13,16,18,20-21,24,33,35H,5,7,9,11-12,14-15,17,19,22-23,25H2,1-4H3;2H,1H3/b10-8+,30-26-,32-21+,34-6-;. The van der Waals surface area contributed by atoms with Crippen molar-refractivity contribution in [3.05, 3.63) is 70.7 Å². The van der Waals surface area contributed by atoms with E-state index in [2.05, 4.69) is 72.0 Å². The quantitative estimate of drug-likeness (QED) is 0.0820. The Morgan fingerprint density at radius 2 is 2.00 bits per heavy atom. The van der Waals surface area contributed by atoms with Crippen LogP contribution in [0.5, 0.6) is 5.75 Å². The van der Waals surface area contributed by atoms with E-state index in [4.69, 9.17) is 9.84 Å². The van der Waals surface area contributed by atoms with E-state index in [1.807, 2.05) is 20.2 Å². The van der Waals surface area contributed by atoms with Crippen LogP contribution in [0, 0.1) is 0 Å². The Balaban J connectivity index is 0.00000371. The lowest BCUT2D eigenvalue weighted by atomic mass is 9.88. The highest BCUT2D eigenvalue weighted by Gasteiger charge is 2.16. The molecule has 39 heavy (non-hydrogen) atoms. The molecule has 0 unspecified atom stereocenters. The first-order valence-electron chi connectivity index (χ1n) is 14.4. The Bertz CT molecular complexity index is 990. The smallest absolute Gasteiger partial charge is 0.125 e. The number of aliphatic hydroxyl groups excluding tert-OH is 1. The van der Waals surface area contributed by atoms with Crippen molar-refractivity contribution in [1.29, 1.82) is 0 Å². The highest BCUT2D eigenvalue weighted by molar-refractivity contribution is 5.73. The minimum Gasteiger partial charge on any atom is -0.493 e. The molecule has 0 aliphatic heterocycles. The summed E-state index contributed by atoms with van der Waals surface area (Å²) in [5.41, 5.74) is 6.40. The fourth-order valence-electron chi connectivity index (χ4n) is 4.61. The molecule has 0 saturated carbocycles. The summed E-state index contributed by atoms with van der Waals surface area (Å²) < 4.78 is 6.27. The summed E-state index contributed by atoms with van der Waals surface area (Å²) >= 11 is 0. The monoisotopic (exact) mass is 537 g/mol. The number of ether oxygens (including phenoxy) is 1. The van der Waals surface area contributed by atoms with Gasteiger partial charge in [0.2, 0.25) is 0 Å². The van der Waals surface area contributed by atoms with Crippen LogP contribution < -0.4 is 15.4 Å². The number of rotatable bonds is 18. The second-order valence-electron chi connectivity index (χ2n) is 9.40. The fourth-order valence-corrected chi connectivity index (χ4v) is 4.61. The molecule has 1 aliphatic rings. The third-order valence-electron chi connectivity index (χ3n) is 6.65. The number of aldehydes is 1. The third-order valence-corrected chi connectivity index (χ3v) is 6.65. The van der Waals surface area contributed by atoms with Gasteiger partial charge in [-0.15, -0.1) is 0 Å². The summed E-state index contributed by atoms with van der Waals surface area (Å²) in [6, 6.07) is 6.29. The van der Waals surface area contributed by atoms with Gasteiger partial charge >= 0.3 is 0 Å². The van der Waals surface area contributed by atoms with Crippen LogP contribution in [0.15, 0.2) is 64.6 Å². The average Bonchev–Trinajstić information content (AvgIpc) is 2.97. The van der Waals surface area contributed by atoms with E-state index >= 15 is 0 Å². The number of hydrogen-bond acceptors (Lipinski definition) is 6. The van der Waals surface area contributed by atoms with E-state index in [9.17, 15) is 4.79 Å². The normalized spacial score (nSPS) is 13.8. The van der Waals surface area contributed by atoms with Gasteiger partial charge in [-0.1, -0.05) is 55.7 Å². The summed E-state index contributed by atoms with van der Waals surface area (Å²) in [6.45, 7) is 7.96. The van der Waals surface area contributed by atoms with Crippen LogP contribution in [-0.4, -0.2) is 44.9 Å². The minimum atomic E-state index is 0.571. The molecule has 3 N–H and O–H groups in total. The van der Waals surface area contributed by atoms with Crippen LogP contribution in [0.1, 0.15) is 89.7 Å². The van der Waals surface area contributed by atoms with Gasteiger partial charge in [0.15, 0.2) is 0 Å². The van der Waals surface area contributed by atoms with Crippen molar-refractivity contribution < 1.29 is 14.6 Å². The maximum Gasteiger partial charge on any atom is 0.125 e. The molecule has 0 atom stereocenters. The van der Waals surface area contributed by atoms with Crippen molar-refractivity contribution >= 4 is 18.1 Å². The average molecular weight is 538 g/mol. The van der Waals surface area contributed by atoms with Crippen LogP contribution >= 0.6 is 0 Å². The zero-order valence-corrected chi connectivity index (χ0v) is 24.9. The Morgan fingerprint density at radius 3 is 2.72 bits per heavy atom. The Morgan fingerprint density at radius 1 is 1.18 bits per heavy atom. The maximum absolute atomic E-state index is 10.8. The lowest BCUT2D eigenvalue weighted by Crippen LogP contribution is -2.13. The second-order valence-corrected chi connectivity index (χ2v) is 9.40. The molecule has 216 valence electrons. The molecule has 1 aromatic carbocycles. The third kappa shape index (κ3) is 13.0. The topological polar surface area (TPSA) is 83.0 Å². The molecule has 0 heterocycles. The number of aliphatic imine (C=N–C) groups is 1. The molecule has 0 radical (unpaired) electrons. The van der Waals surface area contributed by atoms with Crippen LogP contribution in [0.4, 0.5) is 0 Å². The molecule has 0 spiro atoms. The fraction of sp³-hybridized carbons (Fsp3) is 0.515. The number of carbonyl (C=O) groups is 1.